The Balaban J connectivity index is 1.88. The van der Waals surface area contributed by atoms with Gasteiger partial charge in [0, 0.05) is 36.0 Å². The predicted molar refractivity (Wildman–Crippen MR) is 87.3 cm³/mol. The molecule has 28 heavy (non-hydrogen) atoms. The summed E-state index contributed by atoms with van der Waals surface area (Å²) in [5, 5.41) is 6.04. The van der Waals surface area contributed by atoms with Crippen molar-refractivity contribution in [3.8, 4) is 11.3 Å². The van der Waals surface area contributed by atoms with E-state index in [2.05, 4.69) is 20.4 Å². The largest absolute Gasteiger partial charge is 0.368 e. The van der Waals surface area contributed by atoms with Crippen LogP contribution in [0, 0.1) is 23.3 Å². The second-order valence-electron chi connectivity index (χ2n) is 5.64. The van der Waals surface area contributed by atoms with Gasteiger partial charge in [0.1, 0.15) is 29.7 Å². The van der Waals surface area contributed by atoms with E-state index in [1.54, 1.807) is 0 Å². The van der Waals surface area contributed by atoms with Crippen LogP contribution in [-0.4, -0.2) is 26.2 Å². The molecule has 2 heterocycles. The van der Waals surface area contributed by atoms with Crippen molar-refractivity contribution in [2.75, 3.05) is 11.1 Å². The number of nitrogen functional groups attached to an aromatic ring is 1. The number of anilines is 2. The highest BCUT2D eigenvalue weighted by Gasteiger charge is 2.19. The minimum absolute atomic E-state index is 0.0504. The minimum Gasteiger partial charge on any atom is -0.368 e. The van der Waals surface area contributed by atoms with Gasteiger partial charge in [-0.1, -0.05) is 0 Å². The third kappa shape index (κ3) is 4.15. The molecule has 0 unspecified atom stereocenters. The number of alkyl halides is 2. The zero-order valence-electron chi connectivity index (χ0n) is 13.9. The molecular formula is C16H12F6N6. The van der Waals surface area contributed by atoms with Gasteiger partial charge in [0.2, 0.25) is 5.95 Å². The van der Waals surface area contributed by atoms with E-state index in [1.807, 2.05) is 0 Å². The number of aromatic nitrogens is 4. The Morgan fingerprint density at radius 3 is 2.39 bits per heavy atom. The lowest BCUT2D eigenvalue weighted by molar-refractivity contribution is 0.122. The number of nitrogens with two attached hydrogens (primary N) is 1. The normalized spacial score (nSPS) is 11.2. The van der Waals surface area contributed by atoms with Crippen LogP contribution in [0.5, 0.6) is 0 Å². The van der Waals surface area contributed by atoms with Gasteiger partial charge >= 0.3 is 0 Å². The van der Waals surface area contributed by atoms with E-state index in [0.29, 0.717) is 12.1 Å². The Bertz CT molecular complexity index is 982. The third-order valence-electron chi connectivity index (χ3n) is 3.64. The molecule has 0 aliphatic rings. The molecule has 148 valence electrons. The van der Waals surface area contributed by atoms with Crippen molar-refractivity contribution in [2.45, 2.75) is 19.5 Å². The lowest BCUT2D eigenvalue weighted by Crippen LogP contribution is -2.11. The maximum absolute atomic E-state index is 14.7. The Kier molecular flexibility index (Phi) is 5.38. The SMILES string of the molecule is Nc1nc(NCc2c(F)cc(F)cc2F)c(F)c(-c2cnn(CC(F)F)c2)n1. The van der Waals surface area contributed by atoms with E-state index in [0.717, 1.165) is 17.1 Å². The van der Waals surface area contributed by atoms with Crippen molar-refractivity contribution < 1.29 is 26.3 Å². The lowest BCUT2D eigenvalue weighted by Gasteiger charge is -2.11. The number of hydrogen-bond donors (Lipinski definition) is 2. The topological polar surface area (TPSA) is 81.6 Å². The summed E-state index contributed by atoms with van der Waals surface area (Å²) in [6.07, 6.45) is -0.415. The summed E-state index contributed by atoms with van der Waals surface area (Å²) in [5.41, 5.74) is 4.70. The molecule has 0 spiro atoms. The van der Waals surface area contributed by atoms with E-state index in [-0.39, 0.29) is 17.2 Å². The van der Waals surface area contributed by atoms with Crippen LogP contribution in [0.25, 0.3) is 11.3 Å². The van der Waals surface area contributed by atoms with Gasteiger partial charge in [-0.2, -0.15) is 10.1 Å². The molecule has 3 N–H and O–H groups in total. The monoisotopic (exact) mass is 402 g/mol. The molecule has 0 aliphatic heterocycles. The number of benzene rings is 1. The van der Waals surface area contributed by atoms with Gasteiger partial charge in [-0.3, -0.25) is 4.68 Å². The number of nitrogens with zero attached hydrogens (tertiary/aromatic N) is 4. The summed E-state index contributed by atoms with van der Waals surface area (Å²) in [4.78, 5) is 7.33. The summed E-state index contributed by atoms with van der Waals surface area (Å²) >= 11 is 0. The van der Waals surface area contributed by atoms with E-state index in [9.17, 15) is 26.3 Å². The molecule has 0 aliphatic carbocycles. The van der Waals surface area contributed by atoms with Crippen LogP contribution < -0.4 is 11.1 Å². The summed E-state index contributed by atoms with van der Waals surface area (Å²) in [7, 11) is 0. The van der Waals surface area contributed by atoms with Gasteiger partial charge in [0.05, 0.1) is 6.20 Å². The molecule has 0 amide bonds. The quantitative estimate of drug-likeness (QED) is 0.618. The van der Waals surface area contributed by atoms with Crippen molar-refractivity contribution >= 4 is 11.8 Å². The van der Waals surface area contributed by atoms with Crippen LogP contribution in [0.15, 0.2) is 24.5 Å². The van der Waals surface area contributed by atoms with E-state index in [4.69, 9.17) is 5.73 Å². The second kappa shape index (κ2) is 7.74. The van der Waals surface area contributed by atoms with Gasteiger partial charge in [-0.05, 0) is 0 Å². The Morgan fingerprint density at radius 1 is 1.07 bits per heavy atom. The summed E-state index contributed by atoms with van der Waals surface area (Å²) in [5.74, 6) is -5.32. The fraction of sp³-hybridized carbons (Fsp3) is 0.188. The van der Waals surface area contributed by atoms with Crippen molar-refractivity contribution in [3.63, 3.8) is 0 Å². The molecule has 3 aromatic rings. The summed E-state index contributed by atoms with van der Waals surface area (Å²) in [6.45, 7) is -1.26. The first-order valence-electron chi connectivity index (χ1n) is 7.76. The van der Waals surface area contributed by atoms with Gasteiger partial charge in [0.25, 0.3) is 6.43 Å². The van der Waals surface area contributed by atoms with Crippen LogP contribution in [0.2, 0.25) is 0 Å². The highest BCUT2D eigenvalue weighted by Crippen LogP contribution is 2.26. The van der Waals surface area contributed by atoms with Gasteiger partial charge in [-0.25, -0.2) is 31.3 Å². The molecular weight excluding hydrogens is 390 g/mol. The highest BCUT2D eigenvalue weighted by atomic mass is 19.3. The molecule has 6 nitrogen and oxygen atoms in total. The average Bonchev–Trinajstić information content (AvgIpc) is 3.04. The minimum atomic E-state index is -2.66. The summed E-state index contributed by atoms with van der Waals surface area (Å²) < 4.78 is 80.8. The summed E-state index contributed by atoms with van der Waals surface area (Å²) in [6, 6.07) is 0.960. The van der Waals surface area contributed by atoms with Crippen molar-refractivity contribution in [3.05, 3.63) is 53.4 Å². The van der Waals surface area contributed by atoms with E-state index >= 15 is 0 Å². The molecule has 0 bridgehead atoms. The second-order valence-corrected chi connectivity index (χ2v) is 5.64. The Labute approximate surface area is 154 Å². The van der Waals surface area contributed by atoms with Crippen LogP contribution in [0.3, 0.4) is 0 Å². The highest BCUT2D eigenvalue weighted by molar-refractivity contribution is 5.64. The fourth-order valence-corrected chi connectivity index (χ4v) is 2.41. The Hall–Kier alpha value is -3.31. The molecule has 0 saturated heterocycles. The molecule has 0 fully saturated rings. The van der Waals surface area contributed by atoms with Crippen LogP contribution in [0.1, 0.15) is 5.56 Å². The molecule has 0 atom stereocenters. The number of hydrogen-bond acceptors (Lipinski definition) is 5. The van der Waals surface area contributed by atoms with Gasteiger partial charge in [0.15, 0.2) is 11.6 Å². The van der Waals surface area contributed by atoms with Crippen molar-refractivity contribution in [2.24, 2.45) is 0 Å². The van der Waals surface area contributed by atoms with Crippen LogP contribution in [-0.2, 0) is 13.1 Å². The molecule has 0 saturated carbocycles. The smallest absolute Gasteiger partial charge is 0.257 e. The number of rotatable bonds is 6. The first-order valence-corrected chi connectivity index (χ1v) is 7.76. The number of halogens is 6. The van der Waals surface area contributed by atoms with E-state index < -0.39 is 54.2 Å². The van der Waals surface area contributed by atoms with Crippen molar-refractivity contribution in [1.29, 1.82) is 0 Å². The third-order valence-corrected chi connectivity index (χ3v) is 3.64. The van der Waals surface area contributed by atoms with Crippen LogP contribution >= 0.6 is 0 Å². The van der Waals surface area contributed by atoms with E-state index in [1.165, 1.54) is 0 Å². The zero-order valence-corrected chi connectivity index (χ0v) is 13.9. The molecule has 0 radical (unpaired) electrons. The first-order chi connectivity index (χ1) is 13.2. The van der Waals surface area contributed by atoms with Gasteiger partial charge < -0.3 is 11.1 Å². The molecule has 1 aromatic carbocycles. The molecule has 12 heteroatoms. The van der Waals surface area contributed by atoms with Gasteiger partial charge in [-0.15, -0.1) is 0 Å². The molecule has 2 aromatic heterocycles. The van der Waals surface area contributed by atoms with Crippen molar-refractivity contribution in [1.82, 2.24) is 19.7 Å². The fourth-order valence-electron chi connectivity index (χ4n) is 2.41. The Morgan fingerprint density at radius 2 is 1.75 bits per heavy atom. The lowest BCUT2D eigenvalue weighted by atomic mass is 10.2. The standard InChI is InChI=1S/C16H12F6N6/c17-8-1-10(18)9(11(19)2-8)4-24-15-13(22)14(26-16(23)27-15)7-3-25-28(5-7)6-12(20)21/h1-3,5,12H,4,6H2,(H3,23,24,26,27). The predicted octanol–water partition coefficient (Wildman–Crippen LogP) is 3.36. The first kappa shape index (κ1) is 19.5. The van der Waals surface area contributed by atoms with Crippen LogP contribution in [0.4, 0.5) is 38.1 Å². The maximum Gasteiger partial charge on any atom is 0.257 e. The maximum atomic E-state index is 14.7. The molecule has 3 rings (SSSR count). The number of nitrogens with one attached hydrogen (secondary N) is 1. The zero-order chi connectivity index (χ0) is 20.4. The average molecular weight is 402 g/mol.